The summed E-state index contributed by atoms with van der Waals surface area (Å²) in [5.74, 6) is 1.25. The first-order valence-corrected chi connectivity index (χ1v) is 12.7. The smallest absolute Gasteiger partial charge is 0.243 e. The van der Waals surface area contributed by atoms with E-state index >= 15 is 0 Å². The van der Waals surface area contributed by atoms with Crippen molar-refractivity contribution in [3.63, 3.8) is 0 Å². The SMILES string of the molecule is COc1cccc(OC)c1-n1c(NS(=O)(=O)C(C)[C@H](OC)c2ncc(C)cn2)nnc1-c1ccn(C)n1. The molecule has 3 heterocycles. The highest BCUT2D eigenvalue weighted by molar-refractivity contribution is 7.93. The minimum atomic E-state index is -4.10. The fourth-order valence-electron chi connectivity index (χ4n) is 3.75. The van der Waals surface area contributed by atoms with Crippen LogP contribution in [0.25, 0.3) is 17.2 Å². The zero-order chi connectivity index (χ0) is 26.7. The van der Waals surface area contributed by atoms with Gasteiger partial charge in [-0.2, -0.15) is 5.10 Å². The van der Waals surface area contributed by atoms with Crippen molar-refractivity contribution >= 4 is 16.0 Å². The van der Waals surface area contributed by atoms with E-state index in [2.05, 4.69) is 30.0 Å². The average Bonchev–Trinajstić information content (AvgIpc) is 3.50. The Balaban J connectivity index is 1.82. The Hall–Kier alpha value is -4.04. The van der Waals surface area contributed by atoms with Crippen LogP contribution in [0.1, 0.15) is 24.4 Å². The highest BCUT2D eigenvalue weighted by atomic mass is 32.2. The molecule has 14 heteroatoms. The first-order chi connectivity index (χ1) is 17.7. The molecule has 2 atom stereocenters. The van der Waals surface area contributed by atoms with E-state index < -0.39 is 21.4 Å². The van der Waals surface area contributed by atoms with Crippen molar-refractivity contribution in [3.8, 4) is 28.7 Å². The number of nitrogens with zero attached hydrogens (tertiary/aromatic N) is 7. The number of aromatic nitrogens is 7. The van der Waals surface area contributed by atoms with Gasteiger partial charge >= 0.3 is 0 Å². The normalized spacial score (nSPS) is 13.2. The summed E-state index contributed by atoms with van der Waals surface area (Å²) < 4.78 is 49.4. The standard InChI is InChI=1S/C23H28N8O5S/c1-14-12-24-21(25-13-14)20(36-6)15(2)37(32,33)29-23-27-26-22(16-10-11-30(3)28-16)31(23)19-17(34-4)8-7-9-18(19)35-5/h7-13,15,20H,1-6H3,(H,27,29)/t15?,20-/m0/s1. The van der Waals surface area contributed by atoms with E-state index in [-0.39, 0.29) is 17.6 Å². The molecule has 0 bridgehead atoms. The Morgan fingerprint density at radius 1 is 1.00 bits per heavy atom. The minimum absolute atomic E-state index is 0.0880. The minimum Gasteiger partial charge on any atom is -0.494 e. The van der Waals surface area contributed by atoms with Crippen molar-refractivity contribution in [1.29, 1.82) is 0 Å². The summed E-state index contributed by atoms with van der Waals surface area (Å²) >= 11 is 0. The second kappa shape index (κ2) is 10.5. The summed E-state index contributed by atoms with van der Waals surface area (Å²) in [6, 6.07) is 6.93. The number of sulfonamides is 1. The van der Waals surface area contributed by atoms with Gasteiger partial charge in [-0.25, -0.2) is 18.4 Å². The number of nitrogens with one attached hydrogen (secondary N) is 1. The third-order valence-electron chi connectivity index (χ3n) is 5.69. The molecule has 1 unspecified atom stereocenters. The molecule has 13 nitrogen and oxygen atoms in total. The van der Waals surface area contributed by atoms with Gasteiger partial charge in [0.25, 0.3) is 0 Å². The van der Waals surface area contributed by atoms with Crippen molar-refractivity contribution in [2.45, 2.75) is 25.2 Å². The second-order valence-electron chi connectivity index (χ2n) is 8.20. The molecule has 1 N–H and O–H groups in total. The Morgan fingerprint density at radius 3 is 2.19 bits per heavy atom. The van der Waals surface area contributed by atoms with Crippen molar-refractivity contribution in [1.82, 2.24) is 34.5 Å². The predicted octanol–water partition coefficient (Wildman–Crippen LogP) is 2.30. The number of rotatable bonds is 10. The van der Waals surface area contributed by atoms with Crippen LogP contribution < -0.4 is 14.2 Å². The molecule has 0 aliphatic carbocycles. The number of aryl methyl sites for hydroxylation is 2. The van der Waals surface area contributed by atoms with Crippen LogP contribution in [0, 0.1) is 6.92 Å². The monoisotopic (exact) mass is 528 g/mol. The maximum absolute atomic E-state index is 13.6. The van der Waals surface area contributed by atoms with Crippen LogP contribution >= 0.6 is 0 Å². The Morgan fingerprint density at radius 2 is 1.65 bits per heavy atom. The first-order valence-electron chi connectivity index (χ1n) is 11.2. The zero-order valence-electron chi connectivity index (χ0n) is 21.3. The number of hydrogen-bond acceptors (Lipinski definition) is 10. The fraction of sp³-hybridized carbons (Fsp3) is 0.348. The van der Waals surface area contributed by atoms with E-state index in [1.165, 1.54) is 32.8 Å². The summed E-state index contributed by atoms with van der Waals surface area (Å²) in [4.78, 5) is 8.49. The molecule has 4 rings (SSSR count). The molecule has 0 spiro atoms. The van der Waals surface area contributed by atoms with Gasteiger partial charge < -0.3 is 14.2 Å². The maximum atomic E-state index is 13.6. The number of hydrogen-bond donors (Lipinski definition) is 1. The van der Waals surface area contributed by atoms with Gasteiger partial charge in [0.1, 0.15) is 34.2 Å². The number of para-hydroxylation sites is 1. The second-order valence-corrected chi connectivity index (χ2v) is 10.2. The molecule has 37 heavy (non-hydrogen) atoms. The predicted molar refractivity (Wildman–Crippen MR) is 135 cm³/mol. The molecule has 0 amide bonds. The number of benzene rings is 1. The van der Waals surface area contributed by atoms with E-state index in [4.69, 9.17) is 14.2 Å². The van der Waals surface area contributed by atoms with Gasteiger partial charge in [0.15, 0.2) is 11.6 Å². The zero-order valence-corrected chi connectivity index (χ0v) is 22.1. The maximum Gasteiger partial charge on any atom is 0.243 e. The van der Waals surface area contributed by atoms with Crippen LogP contribution in [0.2, 0.25) is 0 Å². The van der Waals surface area contributed by atoms with Crippen molar-refractivity contribution in [3.05, 3.63) is 54.2 Å². The van der Waals surface area contributed by atoms with Crippen LogP contribution in [-0.2, 0) is 21.8 Å². The lowest BCUT2D eigenvalue weighted by molar-refractivity contribution is 0.0949. The Kier molecular flexibility index (Phi) is 7.40. The number of methoxy groups -OCH3 is 3. The van der Waals surface area contributed by atoms with E-state index in [0.717, 1.165) is 5.56 Å². The van der Waals surface area contributed by atoms with Crippen molar-refractivity contribution in [2.24, 2.45) is 7.05 Å². The summed E-state index contributed by atoms with van der Waals surface area (Å²) in [5, 5.41) is 11.7. The lowest BCUT2D eigenvalue weighted by atomic mass is 10.2. The largest absolute Gasteiger partial charge is 0.494 e. The highest BCUT2D eigenvalue weighted by Gasteiger charge is 2.35. The molecular formula is C23H28N8O5S. The molecular weight excluding hydrogens is 500 g/mol. The lowest BCUT2D eigenvalue weighted by Gasteiger charge is -2.22. The van der Waals surface area contributed by atoms with Gasteiger partial charge in [-0.15, -0.1) is 10.2 Å². The summed E-state index contributed by atoms with van der Waals surface area (Å²) in [7, 11) is 2.06. The van der Waals surface area contributed by atoms with Gasteiger partial charge in [-0.05, 0) is 37.6 Å². The number of anilines is 1. The van der Waals surface area contributed by atoms with Gasteiger partial charge in [0, 0.05) is 32.7 Å². The van der Waals surface area contributed by atoms with Gasteiger partial charge in [0.05, 0.1) is 14.2 Å². The van der Waals surface area contributed by atoms with Crippen LogP contribution in [-0.4, -0.2) is 69.5 Å². The fourth-order valence-corrected chi connectivity index (χ4v) is 4.88. The van der Waals surface area contributed by atoms with Crippen molar-refractivity contribution in [2.75, 3.05) is 26.1 Å². The van der Waals surface area contributed by atoms with Crippen LogP contribution in [0.4, 0.5) is 5.95 Å². The van der Waals surface area contributed by atoms with E-state index in [9.17, 15) is 8.42 Å². The molecule has 1 aromatic carbocycles. The number of ether oxygens (including phenoxy) is 3. The summed E-state index contributed by atoms with van der Waals surface area (Å²) in [5.41, 5.74) is 1.70. The molecule has 196 valence electrons. The van der Waals surface area contributed by atoms with Crippen LogP contribution in [0.15, 0.2) is 42.9 Å². The topological polar surface area (TPSA) is 148 Å². The van der Waals surface area contributed by atoms with Gasteiger partial charge in [-0.3, -0.25) is 14.0 Å². The third-order valence-corrected chi connectivity index (χ3v) is 7.38. The van der Waals surface area contributed by atoms with Crippen LogP contribution in [0.5, 0.6) is 11.5 Å². The third kappa shape index (κ3) is 5.11. The van der Waals surface area contributed by atoms with Crippen molar-refractivity contribution < 1.29 is 22.6 Å². The molecule has 0 aliphatic heterocycles. The van der Waals surface area contributed by atoms with Gasteiger partial charge in [-0.1, -0.05) is 6.07 Å². The molecule has 0 aliphatic rings. The average molecular weight is 529 g/mol. The van der Waals surface area contributed by atoms with E-state index in [1.54, 1.807) is 54.6 Å². The summed E-state index contributed by atoms with van der Waals surface area (Å²) in [6.45, 7) is 3.34. The molecule has 0 saturated carbocycles. The molecule has 3 aromatic heterocycles. The Labute approximate surface area is 214 Å². The molecule has 0 fully saturated rings. The Bertz CT molecular complexity index is 1460. The summed E-state index contributed by atoms with van der Waals surface area (Å²) in [6.07, 6.45) is 4.01. The van der Waals surface area contributed by atoms with E-state index in [0.29, 0.717) is 22.9 Å². The quantitative estimate of drug-likeness (QED) is 0.325. The molecule has 0 saturated heterocycles. The molecule has 0 radical (unpaired) electrons. The lowest BCUT2D eigenvalue weighted by Crippen LogP contribution is -2.33. The van der Waals surface area contributed by atoms with Gasteiger partial charge in [0.2, 0.25) is 16.0 Å². The first kappa shape index (κ1) is 26.0. The van der Waals surface area contributed by atoms with E-state index in [1.807, 2.05) is 6.92 Å². The highest BCUT2D eigenvalue weighted by Crippen LogP contribution is 2.37. The van der Waals surface area contributed by atoms with Crippen LogP contribution in [0.3, 0.4) is 0 Å². The molecule has 4 aromatic rings.